The summed E-state index contributed by atoms with van der Waals surface area (Å²) < 4.78 is 0. The molecule has 2 unspecified atom stereocenters. The van der Waals surface area contributed by atoms with Crippen molar-refractivity contribution in [3.8, 4) is 0 Å². The average molecular weight is 230 g/mol. The summed E-state index contributed by atoms with van der Waals surface area (Å²) in [4.78, 5) is 2.62. The Kier molecular flexibility index (Phi) is 6.69. The molecule has 0 aromatic rings. The Morgan fingerprint density at radius 1 is 1.53 bits per heavy atom. The predicted octanol–water partition coefficient (Wildman–Crippen LogP) is 2.06. The molecule has 0 aromatic heterocycles. The molecule has 0 spiro atoms. The minimum Gasteiger partial charge on any atom is -0.313 e. The summed E-state index contributed by atoms with van der Waals surface area (Å²) in [6.07, 6.45) is 4.79. The number of hydrogen-bond acceptors (Lipinski definition) is 3. The van der Waals surface area contributed by atoms with Crippen LogP contribution in [0.4, 0.5) is 0 Å². The molecular weight excluding hydrogens is 204 g/mol. The van der Waals surface area contributed by atoms with Crippen LogP contribution < -0.4 is 5.32 Å². The van der Waals surface area contributed by atoms with Crippen LogP contribution >= 0.6 is 11.8 Å². The zero-order valence-corrected chi connectivity index (χ0v) is 11.3. The highest BCUT2D eigenvalue weighted by Gasteiger charge is 2.22. The summed E-state index contributed by atoms with van der Waals surface area (Å²) in [5.41, 5.74) is 0. The summed E-state index contributed by atoms with van der Waals surface area (Å²) in [5.74, 6) is 2.13. The molecular formula is C12H26N2S. The zero-order chi connectivity index (χ0) is 11.1. The normalized spacial score (nSPS) is 24.6. The van der Waals surface area contributed by atoms with Gasteiger partial charge in [0, 0.05) is 19.1 Å². The van der Waals surface area contributed by atoms with Gasteiger partial charge in [-0.25, -0.2) is 0 Å². The second-order valence-electron chi connectivity index (χ2n) is 4.76. The SMILES string of the molecule is CCCNC1CCN(CC(C)CSC)C1. The van der Waals surface area contributed by atoms with E-state index < -0.39 is 0 Å². The van der Waals surface area contributed by atoms with Gasteiger partial charge in [0.15, 0.2) is 0 Å². The highest BCUT2D eigenvalue weighted by Crippen LogP contribution is 2.13. The third-order valence-electron chi connectivity index (χ3n) is 2.98. The lowest BCUT2D eigenvalue weighted by Gasteiger charge is -2.20. The van der Waals surface area contributed by atoms with Gasteiger partial charge in [0.2, 0.25) is 0 Å². The highest BCUT2D eigenvalue weighted by atomic mass is 32.2. The predicted molar refractivity (Wildman–Crippen MR) is 70.7 cm³/mol. The van der Waals surface area contributed by atoms with Crippen molar-refractivity contribution in [3.63, 3.8) is 0 Å². The van der Waals surface area contributed by atoms with Gasteiger partial charge in [0.25, 0.3) is 0 Å². The van der Waals surface area contributed by atoms with Crippen LogP contribution in [0, 0.1) is 5.92 Å². The fraction of sp³-hybridized carbons (Fsp3) is 1.00. The number of nitrogens with one attached hydrogen (secondary N) is 1. The Bertz CT molecular complexity index is 164. The van der Waals surface area contributed by atoms with E-state index in [1.165, 1.54) is 44.8 Å². The van der Waals surface area contributed by atoms with Gasteiger partial charge in [0.05, 0.1) is 0 Å². The van der Waals surface area contributed by atoms with Gasteiger partial charge in [-0.3, -0.25) is 0 Å². The van der Waals surface area contributed by atoms with Crippen LogP contribution in [-0.4, -0.2) is 49.1 Å². The van der Waals surface area contributed by atoms with Crippen molar-refractivity contribution in [3.05, 3.63) is 0 Å². The number of rotatable bonds is 7. The van der Waals surface area contributed by atoms with E-state index in [1.807, 2.05) is 11.8 Å². The van der Waals surface area contributed by atoms with Crippen LogP contribution in [0.5, 0.6) is 0 Å². The first-order valence-electron chi connectivity index (χ1n) is 6.21. The Hall–Kier alpha value is 0.270. The van der Waals surface area contributed by atoms with E-state index in [0.29, 0.717) is 0 Å². The highest BCUT2D eigenvalue weighted by molar-refractivity contribution is 7.98. The van der Waals surface area contributed by atoms with Crippen molar-refractivity contribution in [1.82, 2.24) is 10.2 Å². The minimum absolute atomic E-state index is 0.756. The van der Waals surface area contributed by atoms with Gasteiger partial charge in [-0.2, -0.15) is 11.8 Å². The summed E-state index contributed by atoms with van der Waals surface area (Å²) in [5, 5.41) is 3.62. The molecule has 1 aliphatic heterocycles. The van der Waals surface area contributed by atoms with Crippen LogP contribution in [0.2, 0.25) is 0 Å². The monoisotopic (exact) mass is 230 g/mol. The maximum atomic E-state index is 3.62. The standard InChI is InChI=1S/C12H26N2S/c1-4-6-13-12-5-7-14(9-12)8-11(2)10-15-3/h11-13H,4-10H2,1-3H3. The lowest BCUT2D eigenvalue weighted by Crippen LogP contribution is -2.34. The Balaban J connectivity index is 2.12. The van der Waals surface area contributed by atoms with Crippen molar-refractivity contribution in [1.29, 1.82) is 0 Å². The lowest BCUT2D eigenvalue weighted by molar-refractivity contribution is 0.292. The van der Waals surface area contributed by atoms with E-state index in [4.69, 9.17) is 0 Å². The Morgan fingerprint density at radius 3 is 3.00 bits per heavy atom. The van der Waals surface area contributed by atoms with E-state index in [1.54, 1.807) is 0 Å². The van der Waals surface area contributed by atoms with Crippen molar-refractivity contribution < 1.29 is 0 Å². The third kappa shape index (κ3) is 5.23. The van der Waals surface area contributed by atoms with Crippen LogP contribution in [0.15, 0.2) is 0 Å². The van der Waals surface area contributed by atoms with Crippen molar-refractivity contribution in [2.75, 3.05) is 38.2 Å². The van der Waals surface area contributed by atoms with Gasteiger partial charge in [-0.05, 0) is 43.9 Å². The summed E-state index contributed by atoms with van der Waals surface area (Å²) >= 11 is 1.97. The molecule has 1 N–H and O–H groups in total. The number of nitrogens with zero attached hydrogens (tertiary/aromatic N) is 1. The van der Waals surface area contributed by atoms with E-state index in [9.17, 15) is 0 Å². The number of hydrogen-bond donors (Lipinski definition) is 1. The van der Waals surface area contributed by atoms with Gasteiger partial charge < -0.3 is 10.2 Å². The summed E-state index contributed by atoms with van der Waals surface area (Å²) in [6.45, 7) is 9.62. The molecule has 1 fully saturated rings. The maximum Gasteiger partial charge on any atom is 0.0207 e. The molecule has 1 heterocycles. The molecule has 0 saturated carbocycles. The summed E-state index contributed by atoms with van der Waals surface area (Å²) in [7, 11) is 0. The molecule has 2 nitrogen and oxygen atoms in total. The van der Waals surface area contributed by atoms with Gasteiger partial charge >= 0.3 is 0 Å². The molecule has 3 heteroatoms. The molecule has 0 bridgehead atoms. The van der Waals surface area contributed by atoms with E-state index in [-0.39, 0.29) is 0 Å². The molecule has 1 rings (SSSR count). The van der Waals surface area contributed by atoms with Crippen LogP contribution in [0.1, 0.15) is 26.7 Å². The Morgan fingerprint density at radius 2 is 2.33 bits per heavy atom. The fourth-order valence-corrected chi connectivity index (χ4v) is 2.97. The third-order valence-corrected chi connectivity index (χ3v) is 3.88. The molecule has 0 aliphatic carbocycles. The summed E-state index contributed by atoms with van der Waals surface area (Å²) in [6, 6.07) is 0.756. The lowest BCUT2D eigenvalue weighted by atomic mass is 10.2. The first-order valence-corrected chi connectivity index (χ1v) is 7.60. The van der Waals surface area contributed by atoms with Gasteiger partial charge in [0.1, 0.15) is 0 Å². The first-order chi connectivity index (χ1) is 7.26. The van der Waals surface area contributed by atoms with Crippen molar-refractivity contribution in [2.45, 2.75) is 32.7 Å². The molecule has 0 radical (unpaired) electrons. The van der Waals surface area contributed by atoms with E-state index >= 15 is 0 Å². The van der Waals surface area contributed by atoms with Crippen LogP contribution in [-0.2, 0) is 0 Å². The smallest absolute Gasteiger partial charge is 0.0207 e. The molecule has 1 saturated heterocycles. The molecule has 90 valence electrons. The maximum absolute atomic E-state index is 3.62. The second kappa shape index (κ2) is 7.53. The van der Waals surface area contributed by atoms with Gasteiger partial charge in [-0.1, -0.05) is 13.8 Å². The molecule has 0 amide bonds. The largest absolute Gasteiger partial charge is 0.313 e. The van der Waals surface area contributed by atoms with Crippen molar-refractivity contribution in [2.24, 2.45) is 5.92 Å². The number of likely N-dealkylation sites (tertiary alicyclic amines) is 1. The second-order valence-corrected chi connectivity index (χ2v) is 5.67. The van der Waals surface area contributed by atoms with Gasteiger partial charge in [-0.15, -0.1) is 0 Å². The van der Waals surface area contributed by atoms with E-state index in [2.05, 4.69) is 30.3 Å². The topological polar surface area (TPSA) is 15.3 Å². The molecule has 1 aliphatic rings. The first kappa shape index (κ1) is 13.3. The average Bonchev–Trinajstić information content (AvgIpc) is 2.63. The van der Waals surface area contributed by atoms with Crippen LogP contribution in [0.3, 0.4) is 0 Å². The fourth-order valence-electron chi connectivity index (χ4n) is 2.29. The Labute approximate surface area is 99.2 Å². The van der Waals surface area contributed by atoms with E-state index in [0.717, 1.165) is 12.0 Å². The minimum atomic E-state index is 0.756. The van der Waals surface area contributed by atoms with Crippen LogP contribution in [0.25, 0.3) is 0 Å². The molecule has 0 aromatic carbocycles. The number of thioether (sulfide) groups is 1. The molecule has 2 atom stereocenters. The van der Waals surface area contributed by atoms with Crippen molar-refractivity contribution >= 4 is 11.8 Å². The zero-order valence-electron chi connectivity index (χ0n) is 10.5. The molecule has 15 heavy (non-hydrogen) atoms. The quantitative estimate of drug-likeness (QED) is 0.721.